The zero-order chi connectivity index (χ0) is 11.0. The van der Waals surface area contributed by atoms with Crippen molar-refractivity contribution in [1.82, 2.24) is 4.90 Å². The van der Waals surface area contributed by atoms with Crippen LogP contribution in [0.25, 0.3) is 0 Å². The van der Waals surface area contributed by atoms with Gasteiger partial charge in [-0.3, -0.25) is 0 Å². The van der Waals surface area contributed by atoms with Crippen LogP contribution in [0.1, 0.15) is 26.2 Å². The van der Waals surface area contributed by atoms with E-state index in [0.717, 1.165) is 19.4 Å². The first kappa shape index (κ1) is 13.2. The van der Waals surface area contributed by atoms with Crippen LogP contribution in [-0.4, -0.2) is 47.3 Å². The molecule has 1 atom stereocenters. The van der Waals surface area contributed by atoms with E-state index in [1.54, 1.807) is 0 Å². The zero-order valence-corrected chi connectivity index (χ0v) is 8.98. The van der Waals surface area contributed by atoms with E-state index in [4.69, 9.17) is 16.0 Å². The Morgan fingerprint density at radius 3 is 2.64 bits per heavy atom. The van der Waals surface area contributed by atoms with E-state index >= 15 is 0 Å². The molecule has 5 nitrogen and oxygen atoms in total. The van der Waals surface area contributed by atoms with Gasteiger partial charge in [0, 0.05) is 12.5 Å². The quantitative estimate of drug-likeness (QED) is 0.182. The Morgan fingerprint density at radius 2 is 2.14 bits per heavy atom. The molecular weight excluding hydrogens is 182 g/mol. The molecule has 1 unspecified atom stereocenters. The first-order chi connectivity index (χ1) is 6.61. The van der Waals surface area contributed by atoms with Crippen LogP contribution in [0.15, 0.2) is 5.16 Å². The van der Waals surface area contributed by atoms with Crippen molar-refractivity contribution in [2.24, 2.45) is 10.9 Å². The lowest BCUT2D eigenvalue weighted by molar-refractivity contribution is 0.157. The minimum atomic E-state index is 0.177. The molecule has 0 saturated carbocycles. The minimum Gasteiger partial charge on any atom is -0.409 e. The number of aliphatic hydroxyl groups is 1. The lowest BCUT2D eigenvalue weighted by atomic mass is 10.2. The second kappa shape index (κ2) is 7.58. The largest absolute Gasteiger partial charge is 0.409 e. The maximum Gasteiger partial charge on any atom is 0.139 e. The minimum absolute atomic E-state index is 0.177. The van der Waals surface area contributed by atoms with E-state index in [1.165, 1.54) is 0 Å². The van der Waals surface area contributed by atoms with E-state index in [1.807, 2.05) is 14.0 Å². The summed E-state index contributed by atoms with van der Waals surface area (Å²) in [6.45, 7) is 3.07. The third-order valence-corrected chi connectivity index (χ3v) is 2.34. The molecule has 0 fully saturated rings. The van der Waals surface area contributed by atoms with Gasteiger partial charge in [-0.2, -0.15) is 0 Å². The molecule has 0 radical (unpaired) electrons. The number of hydrogen-bond donors (Lipinski definition) is 3. The monoisotopic (exact) mass is 203 g/mol. The summed E-state index contributed by atoms with van der Waals surface area (Å²) in [7, 11) is 1.98. The number of likely N-dealkylation sites (N-methyl/N-ethyl adjacent to an activating group) is 1. The fourth-order valence-electron chi connectivity index (χ4n) is 1.08. The summed E-state index contributed by atoms with van der Waals surface area (Å²) in [6.07, 6.45) is 2.51. The van der Waals surface area contributed by atoms with Gasteiger partial charge in [-0.25, -0.2) is 0 Å². The van der Waals surface area contributed by atoms with Crippen LogP contribution in [0.3, 0.4) is 0 Å². The van der Waals surface area contributed by atoms with Crippen LogP contribution >= 0.6 is 0 Å². The number of amidine groups is 1. The van der Waals surface area contributed by atoms with Crippen LogP contribution < -0.4 is 5.73 Å². The van der Waals surface area contributed by atoms with Crippen molar-refractivity contribution in [2.75, 3.05) is 20.2 Å². The van der Waals surface area contributed by atoms with E-state index in [-0.39, 0.29) is 18.5 Å². The molecule has 0 aliphatic carbocycles. The predicted molar refractivity (Wildman–Crippen MR) is 56.4 cm³/mol. The summed E-state index contributed by atoms with van der Waals surface area (Å²) in [5.74, 6) is 0.280. The van der Waals surface area contributed by atoms with Gasteiger partial charge in [0.15, 0.2) is 0 Å². The summed E-state index contributed by atoms with van der Waals surface area (Å²) >= 11 is 0. The van der Waals surface area contributed by atoms with Gasteiger partial charge in [0.05, 0.1) is 6.61 Å². The van der Waals surface area contributed by atoms with Crippen LogP contribution in [0, 0.1) is 0 Å². The van der Waals surface area contributed by atoms with E-state index in [9.17, 15) is 0 Å². The molecule has 0 aliphatic heterocycles. The van der Waals surface area contributed by atoms with Crippen molar-refractivity contribution in [3.05, 3.63) is 0 Å². The second-order valence-corrected chi connectivity index (χ2v) is 3.56. The Kier molecular flexibility index (Phi) is 7.14. The standard InChI is InChI=1S/C9H21N3O2/c1-8(7-13)12(2)6-4-3-5-9(10)11-14/h8,13-14H,3-7H2,1-2H3,(H2,10,11). The molecule has 0 bridgehead atoms. The molecule has 0 aromatic heterocycles. The SMILES string of the molecule is CC(CO)N(C)CCCCC(N)=NO. The molecule has 84 valence electrons. The van der Waals surface area contributed by atoms with Gasteiger partial charge in [-0.05, 0) is 33.4 Å². The molecule has 0 aromatic rings. The average Bonchev–Trinajstić information content (AvgIpc) is 2.22. The fourth-order valence-corrected chi connectivity index (χ4v) is 1.08. The van der Waals surface area contributed by atoms with Crippen LogP contribution in [0.4, 0.5) is 0 Å². The number of nitrogens with zero attached hydrogens (tertiary/aromatic N) is 2. The molecule has 0 amide bonds. The fraction of sp³-hybridized carbons (Fsp3) is 0.889. The highest BCUT2D eigenvalue weighted by Gasteiger charge is 2.06. The molecular formula is C9H21N3O2. The lowest BCUT2D eigenvalue weighted by Crippen LogP contribution is -2.32. The topological polar surface area (TPSA) is 82.1 Å². The number of oxime groups is 1. The summed E-state index contributed by atoms with van der Waals surface area (Å²) in [5.41, 5.74) is 5.32. The highest BCUT2D eigenvalue weighted by Crippen LogP contribution is 2.00. The Morgan fingerprint density at radius 1 is 1.50 bits per heavy atom. The third-order valence-electron chi connectivity index (χ3n) is 2.34. The molecule has 0 aromatic carbocycles. The lowest BCUT2D eigenvalue weighted by Gasteiger charge is -2.22. The van der Waals surface area contributed by atoms with Crippen molar-refractivity contribution in [3.8, 4) is 0 Å². The van der Waals surface area contributed by atoms with Crippen molar-refractivity contribution in [3.63, 3.8) is 0 Å². The second-order valence-electron chi connectivity index (χ2n) is 3.56. The summed E-state index contributed by atoms with van der Waals surface area (Å²) in [6, 6.07) is 0.193. The van der Waals surface area contributed by atoms with Crippen molar-refractivity contribution in [2.45, 2.75) is 32.2 Å². The van der Waals surface area contributed by atoms with Gasteiger partial charge < -0.3 is 20.9 Å². The van der Waals surface area contributed by atoms with Crippen molar-refractivity contribution < 1.29 is 10.3 Å². The molecule has 0 aliphatic rings. The molecule has 4 N–H and O–H groups in total. The first-order valence-electron chi connectivity index (χ1n) is 4.89. The molecule has 5 heteroatoms. The van der Waals surface area contributed by atoms with Gasteiger partial charge in [-0.1, -0.05) is 5.16 Å². The zero-order valence-electron chi connectivity index (χ0n) is 8.98. The van der Waals surface area contributed by atoms with Gasteiger partial charge >= 0.3 is 0 Å². The first-order valence-corrected chi connectivity index (χ1v) is 4.89. The Hall–Kier alpha value is -0.810. The highest BCUT2D eigenvalue weighted by atomic mass is 16.4. The van der Waals surface area contributed by atoms with Gasteiger partial charge in [0.25, 0.3) is 0 Å². The average molecular weight is 203 g/mol. The van der Waals surface area contributed by atoms with Gasteiger partial charge in [0.1, 0.15) is 5.84 Å². The highest BCUT2D eigenvalue weighted by molar-refractivity contribution is 5.79. The number of unbranched alkanes of at least 4 members (excludes halogenated alkanes) is 1. The normalized spacial score (nSPS) is 14.7. The Bertz CT molecular complexity index is 173. The predicted octanol–water partition coefficient (Wildman–Crippen LogP) is 0.216. The number of nitrogens with two attached hydrogens (primary N) is 1. The Labute approximate surface area is 85.2 Å². The molecule has 0 rings (SSSR count). The van der Waals surface area contributed by atoms with Crippen LogP contribution in [0.5, 0.6) is 0 Å². The molecule has 0 spiro atoms. The van der Waals surface area contributed by atoms with E-state index in [2.05, 4.69) is 10.1 Å². The third kappa shape index (κ3) is 5.77. The van der Waals surface area contributed by atoms with Crippen LogP contribution in [-0.2, 0) is 0 Å². The van der Waals surface area contributed by atoms with Crippen molar-refractivity contribution >= 4 is 5.84 Å². The Balaban J connectivity index is 3.45. The smallest absolute Gasteiger partial charge is 0.139 e. The van der Waals surface area contributed by atoms with Gasteiger partial charge in [0.2, 0.25) is 0 Å². The maximum absolute atomic E-state index is 8.87. The molecule has 0 saturated heterocycles. The number of aliphatic hydroxyl groups excluding tert-OH is 1. The molecule has 0 heterocycles. The van der Waals surface area contributed by atoms with Gasteiger partial charge in [-0.15, -0.1) is 0 Å². The number of hydrogen-bond acceptors (Lipinski definition) is 4. The number of rotatable bonds is 7. The van der Waals surface area contributed by atoms with E-state index < -0.39 is 0 Å². The van der Waals surface area contributed by atoms with Crippen LogP contribution in [0.2, 0.25) is 0 Å². The summed E-state index contributed by atoms with van der Waals surface area (Å²) in [4.78, 5) is 2.09. The summed E-state index contributed by atoms with van der Waals surface area (Å²) in [5, 5.41) is 20.1. The van der Waals surface area contributed by atoms with E-state index in [0.29, 0.717) is 6.42 Å². The summed E-state index contributed by atoms with van der Waals surface area (Å²) < 4.78 is 0. The van der Waals surface area contributed by atoms with Crippen molar-refractivity contribution in [1.29, 1.82) is 0 Å². The maximum atomic E-state index is 8.87. The molecule has 14 heavy (non-hydrogen) atoms.